The van der Waals surface area contributed by atoms with Gasteiger partial charge in [0.1, 0.15) is 5.82 Å². The molecule has 1 amide bonds. The van der Waals surface area contributed by atoms with Crippen LogP contribution in [0.15, 0.2) is 18.2 Å². The smallest absolute Gasteiger partial charge is 0.227 e. The first-order valence-electron chi connectivity index (χ1n) is 7.02. The van der Waals surface area contributed by atoms with Crippen LogP contribution >= 0.6 is 11.6 Å². The number of halogens is 2. The number of hydrogen-bond acceptors (Lipinski definition) is 3. The molecule has 116 valence electrons. The van der Waals surface area contributed by atoms with E-state index >= 15 is 0 Å². The van der Waals surface area contributed by atoms with Crippen molar-refractivity contribution in [2.75, 3.05) is 20.2 Å². The number of carbonyl (C=O) groups is 1. The van der Waals surface area contributed by atoms with Crippen molar-refractivity contribution in [2.45, 2.75) is 31.4 Å². The molecule has 1 heterocycles. The average molecular weight is 315 g/mol. The number of amides is 1. The van der Waals surface area contributed by atoms with Crippen molar-refractivity contribution in [3.63, 3.8) is 0 Å². The Hall–Kier alpha value is -1.17. The van der Waals surface area contributed by atoms with E-state index < -0.39 is 5.82 Å². The van der Waals surface area contributed by atoms with Crippen LogP contribution in [0.1, 0.15) is 18.4 Å². The standard InChI is InChI=1S/C15H20ClFN2O2/c1-21-11-5-6-19(10(7-11)9-18)15(20)8-12-13(16)3-2-4-14(12)17/h2-4,10-11H,5-9,18H2,1H3. The van der Waals surface area contributed by atoms with Gasteiger partial charge >= 0.3 is 0 Å². The van der Waals surface area contributed by atoms with Crippen LogP contribution in [-0.2, 0) is 16.0 Å². The number of ether oxygens (including phenoxy) is 1. The van der Waals surface area contributed by atoms with Gasteiger partial charge in [-0.2, -0.15) is 0 Å². The zero-order valence-electron chi connectivity index (χ0n) is 12.0. The fraction of sp³-hybridized carbons (Fsp3) is 0.533. The predicted molar refractivity (Wildman–Crippen MR) is 79.7 cm³/mol. The molecule has 6 heteroatoms. The van der Waals surface area contributed by atoms with Crippen LogP contribution < -0.4 is 5.73 Å². The maximum absolute atomic E-state index is 13.8. The van der Waals surface area contributed by atoms with Gasteiger partial charge in [0.2, 0.25) is 5.91 Å². The molecular weight excluding hydrogens is 295 g/mol. The highest BCUT2D eigenvalue weighted by Gasteiger charge is 2.31. The number of carbonyl (C=O) groups excluding carboxylic acids is 1. The second-order valence-corrected chi connectivity index (χ2v) is 5.64. The molecule has 2 N–H and O–H groups in total. The van der Waals surface area contributed by atoms with Gasteiger partial charge in [0.15, 0.2) is 0 Å². The first-order valence-corrected chi connectivity index (χ1v) is 7.39. The third-order valence-electron chi connectivity index (χ3n) is 3.98. The lowest BCUT2D eigenvalue weighted by Crippen LogP contribution is -2.51. The van der Waals surface area contributed by atoms with Crippen molar-refractivity contribution in [1.82, 2.24) is 4.90 Å². The van der Waals surface area contributed by atoms with Gasteiger partial charge in [0, 0.05) is 36.8 Å². The SMILES string of the molecule is COC1CCN(C(=O)Cc2c(F)cccc2Cl)C(CN)C1. The molecule has 2 unspecified atom stereocenters. The van der Waals surface area contributed by atoms with E-state index in [4.69, 9.17) is 22.1 Å². The van der Waals surface area contributed by atoms with E-state index in [0.29, 0.717) is 19.5 Å². The minimum absolute atomic E-state index is 0.0420. The molecule has 2 rings (SSSR count). The largest absolute Gasteiger partial charge is 0.381 e. The Labute approximate surface area is 129 Å². The number of nitrogens with two attached hydrogens (primary N) is 1. The number of piperidine rings is 1. The number of benzene rings is 1. The number of nitrogens with zero attached hydrogens (tertiary/aromatic N) is 1. The van der Waals surface area contributed by atoms with Crippen LogP contribution in [0.4, 0.5) is 4.39 Å². The lowest BCUT2D eigenvalue weighted by molar-refractivity contribution is -0.136. The second kappa shape index (κ2) is 7.20. The van der Waals surface area contributed by atoms with E-state index in [1.54, 1.807) is 18.1 Å². The van der Waals surface area contributed by atoms with Crippen LogP contribution in [0.5, 0.6) is 0 Å². The average Bonchev–Trinajstić information content (AvgIpc) is 2.50. The summed E-state index contributed by atoms with van der Waals surface area (Å²) < 4.78 is 19.1. The molecule has 1 aromatic rings. The van der Waals surface area contributed by atoms with E-state index in [1.165, 1.54) is 12.1 Å². The Kier molecular flexibility index (Phi) is 5.56. The molecule has 1 fully saturated rings. The zero-order chi connectivity index (χ0) is 15.4. The Morgan fingerprint density at radius 1 is 1.57 bits per heavy atom. The quantitative estimate of drug-likeness (QED) is 0.924. The Morgan fingerprint density at radius 2 is 2.33 bits per heavy atom. The number of methoxy groups -OCH3 is 1. The van der Waals surface area contributed by atoms with Crippen LogP contribution in [-0.4, -0.2) is 43.2 Å². The summed E-state index contributed by atoms with van der Waals surface area (Å²) in [7, 11) is 1.66. The van der Waals surface area contributed by atoms with Gasteiger partial charge in [-0.05, 0) is 25.0 Å². The molecule has 1 aliphatic rings. The van der Waals surface area contributed by atoms with Crippen molar-refractivity contribution in [3.8, 4) is 0 Å². The molecule has 1 saturated heterocycles. The van der Waals surface area contributed by atoms with Crippen LogP contribution in [0.2, 0.25) is 5.02 Å². The lowest BCUT2D eigenvalue weighted by Gasteiger charge is -2.38. The van der Waals surface area contributed by atoms with Gasteiger partial charge < -0.3 is 15.4 Å². The van der Waals surface area contributed by atoms with Crippen molar-refractivity contribution in [1.29, 1.82) is 0 Å². The van der Waals surface area contributed by atoms with Crippen molar-refractivity contribution >= 4 is 17.5 Å². The number of hydrogen-bond donors (Lipinski definition) is 1. The van der Waals surface area contributed by atoms with Crippen molar-refractivity contribution in [2.24, 2.45) is 5.73 Å². The summed E-state index contributed by atoms with van der Waals surface area (Å²) in [5, 5.41) is 0.277. The van der Waals surface area contributed by atoms with Crippen LogP contribution in [0.25, 0.3) is 0 Å². The topological polar surface area (TPSA) is 55.6 Å². The predicted octanol–water partition coefficient (Wildman–Crippen LogP) is 1.99. The van der Waals surface area contributed by atoms with Gasteiger partial charge in [-0.1, -0.05) is 17.7 Å². The van der Waals surface area contributed by atoms with E-state index in [1.807, 2.05) is 0 Å². The Bertz CT molecular complexity index is 492. The van der Waals surface area contributed by atoms with Gasteiger partial charge in [0.05, 0.1) is 12.5 Å². The van der Waals surface area contributed by atoms with E-state index in [9.17, 15) is 9.18 Å². The first-order chi connectivity index (χ1) is 10.1. The maximum atomic E-state index is 13.8. The van der Waals surface area contributed by atoms with E-state index in [-0.39, 0.29) is 35.1 Å². The van der Waals surface area contributed by atoms with Gasteiger partial charge in [-0.25, -0.2) is 4.39 Å². The molecule has 0 aromatic heterocycles. The van der Waals surface area contributed by atoms with Crippen molar-refractivity contribution < 1.29 is 13.9 Å². The van der Waals surface area contributed by atoms with Gasteiger partial charge in [-0.15, -0.1) is 0 Å². The molecule has 0 radical (unpaired) electrons. The summed E-state index contributed by atoms with van der Waals surface area (Å²) in [5.41, 5.74) is 6.00. The molecule has 0 aliphatic carbocycles. The fourth-order valence-corrected chi connectivity index (χ4v) is 2.96. The van der Waals surface area contributed by atoms with Crippen molar-refractivity contribution in [3.05, 3.63) is 34.6 Å². The molecular formula is C15H20ClFN2O2. The monoisotopic (exact) mass is 314 g/mol. The zero-order valence-corrected chi connectivity index (χ0v) is 12.8. The first kappa shape index (κ1) is 16.2. The molecule has 2 atom stereocenters. The summed E-state index contributed by atoms with van der Waals surface area (Å²) in [5.74, 6) is -0.598. The summed E-state index contributed by atoms with van der Waals surface area (Å²) in [6, 6.07) is 4.36. The number of likely N-dealkylation sites (tertiary alicyclic amines) is 1. The normalized spacial score (nSPS) is 22.4. The molecule has 0 spiro atoms. The highest BCUT2D eigenvalue weighted by atomic mass is 35.5. The van der Waals surface area contributed by atoms with E-state index in [0.717, 1.165) is 6.42 Å². The van der Waals surface area contributed by atoms with Gasteiger partial charge in [-0.3, -0.25) is 4.79 Å². The highest BCUT2D eigenvalue weighted by Crippen LogP contribution is 2.23. The Morgan fingerprint density at radius 3 is 2.95 bits per heavy atom. The summed E-state index contributed by atoms with van der Waals surface area (Å²) in [6.07, 6.45) is 1.56. The third kappa shape index (κ3) is 3.73. The van der Waals surface area contributed by atoms with E-state index in [2.05, 4.69) is 0 Å². The minimum atomic E-state index is -0.452. The summed E-state index contributed by atoms with van der Waals surface area (Å²) in [6.45, 7) is 0.946. The minimum Gasteiger partial charge on any atom is -0.381 e. The molecule has 1 aromatic carbocycles. The summed E-state index contributed by atoms with van der Waals surface area (Å²) in [4.78, 5) is 14.2. The molecule has 21 heavy (non-hydrogen) atoms. The van der Waals surface area contributed by atoms with Crippen LogP contribution in [0, 0.1) is 5.82 Å². The summed E-state index contributed by atoms with van der Waals surface area (Å²) >= 11 is 5.97. The third-order valence-corrected chi connectivity index (χ3v) is 4.34. The highest BCUT2D eigenvalue weighted by molar-refractivity contribution is 6.31. The molecule has 4 nitrogen and oxygen atoms in total. The Balaban J connectivity index is 2.09. The lowest BCUT2D eigenvalue weighted by atomic mass is 9.98. The molecule has 0 saturated carbocycles. The fourth-order valence-electron chi connectivity index (χ4n) is 2.73. The van der Waals surface area contributed by atoms with Gasteiger partial charge in [0.25, 0.3) is 0 Å². The molecule has 1 aliphatic heterocycles. The number of rotatable bonds is 4. The second-order valence-electron chi connectivity index (χ2n) is 5.24. The maximum Gasteiger partial charge on any atom is 0.227 e. The molecule has 0 bridgehead atoms. The van der Waals surface area contributed by atoms with Crippen LogP contribution in [0.3, 0.4) is 0 Å².